The van der Waals surface area contributed by atoms with E-state index in [0.29, 0.717) is 6.61 Å². The van der Waals surface area contributed by atoms with Crippen molar-refractivity contribution in [1.29, 1.82) is 0 Å². The molecule has 0 saturated carbocycles. The molecule has 0 heterocycles. The molecular weight excluding hydrogens is 260 g/mol. The van der Waals surface area contributed by atoms with Crippen LogP contribution in [0.5, 0.6) is 0 Å². The van der Waals surface area contributed by atoms with Gasteiger partial charge in [0.15, 0.2) is 16.6 Å². The van der Waals surface area contributed by atoms with E-state index in [0.717, 1.165) is 19.4 Å². The normalized spacial score (nSPS) is 14.8. The van der Waals surface area contributed by atoms with Gasteiger partial charge in [-0.05, 0) is 51.6 Å². The van der Waals surface area contributed by atoms with E-state index >= 15 is 0 Å². The lowest BCUT2D eigenvalue weighted by atomic mass is 10.3. The smallest absolute Gasteiger partial charge is 0.173 e. The molecule has 1 atom stereocenters. The van der Waals surface area contributed by atoms with Gasteiger partial charge in [-0.15, -0.1) is 0 Å². The molecule has 5 heteroatoms. The molecule has 0 fully saturated rings. The molecule has 3 nitrogen and oxygen atoms in total. The lowest BCUT2D eigenvalue weighted by Crippen LogP contribution is -2.42. The van der Waals surface area contributed by atoms with Crippen molar-refractivity contribution in [1.82, 2.24) is 0 Å². The summed E-state index contributed by atoms with van der Waals surface area (Å²) < 4.78 is 17.2. The van der Waals surface area contributed by atoms with Crippen LogP contribution in [0.4, 0.5) is 0 Å². The zero-order chi connectivity index (χ0) is 14.2. The zero-order valence-corrected chi connectivity index (χ0v) is 15.3. The van der Waals surface area contributed by atoms with Crippen molar-refractivity contribution in [2.24, 2.45) is 0 Å². The summed E-state index contributed by atoms with van der Waals surface area (Å²) in [6.07, 6.45) is 2.35. The van der Waals surface area contributed by atoms with Crippen LogP contribution in [0.2, 0.25) is 38.8 Å². The fourth-order valence-electron chi connectivity index (χ4n) is 2.05. The van der Waals surface area contributed by atoms with Gasteiger partial charge < -0.3 is 13.6 Å². The number of ether oxygens (including phenoxy) is 2. The SMILES string of the molecule is CCC(COCCC[Si](C)(C)O[Si](C)(C)C)OC. The Morgan fingerprint density at radius 2 is 1.67 bits per heavy atom. The van der Waals surface area contributed by atoms with Gasteiger partial charge in [0, 0.05) is 13.7 Å². The van der Waals surface area contributed by atoms with Crippen LogP contribution in [-0.4, -0.2) is 43.1 Å². The van der Waals surface area contributed by atoms with Gasteiger partial charge in [-0.3, -0.25) is 0 Å². The molecule has 0 aliphatic carbocycles. The summed E-state index contributed by atoms with van der Waals surface area (Å²) in [5.74, 6) is 0. The van der Waals surface area contributed by atoms with Crippen molar-refractivity contribution in [3.05, 3.63) is 0 Å². The topological polar surface area (TPSA) is 27.7 Å². The molecule has 0 aromatic carbocycles. The Bertz CT molecular complexity index is 211. The summed E-state index contributed by atoms with van der Waals surface area (Å²) >= 11 is 0. The molecule has 0 bridgehead atoms. The Balaban J connectivity index is 3.71. The highest BCUT2D eigenvalue weighted by Gasteiger charge is 2.28. The van der Waals surface area contributed by atoms with Crippen molar-refractivity contribution < 1.29 is 13.6 Å². The third kappa shape index (κ3) is 10.3. The van der Waals surface area contributed by atoms with Gasteiger partial charge in [0.25, 0.3) is 0 Å². The summed E-state index contributed by atoms with van der Waals surface area (Å²) in [6, 6.07) is 1.18. The van der Waals surface area contributed by atoms with E-state index in [-0.39, 0.29) is 6.10 Å². The van der Waals surface area contributed by atoms with Crippen LogP contribution < -0.4 is 0 Å². The molecule has 0 spiro atoms. The highest BCUT2D eigenvalue weighted by atomic mass is 28.4. The Kier molecular flexibility index (Phi) is 8.63. The van der Waals surface area contributed by atoms with Crippen LogP contribution >= 0.6 is 0 Å². The van der Waals surface area contributed by atoms with Crippen molar-refractivity contribution >= 4 is 16.6 Å². The fourth-order valence-corrected chi connectivity index (χ4v) is 10.1. The average Bonchev–Trinajstić information content (AvgIpc) is 2.20. The first-order valence-corrected chi connectivity index (χ1v) is 13.5. The maximum atomic E-state index is 6.29. The predicted molar refractivity (Wildman–Crippen MR) is 83.2 cm³/mol. The highest BCUT2D eigenvalue weighted by molar-refractivity contribution is 6.84. The van der Waals surface area contributed by atoms with Gasteiger partial charge in [0.1, 0.15) is 0 Å². The van der Waals surface area contributed by atoms with Crippen LogP contribution in [0, 0.1) is 0 Å². The molecule has 0 amide bonds. The average molecular weight is 293 g/mol. The van der Waals surface area contributed by atoms with Gasteiger partial charge in [0.2, 0.25) is 0 Å². The van der Waals surface area contributed by atoms with Gasteiger partial charge >= 0.3 is 0 Å². The second kappa shape index (κ2) is 8.48. The lowest BCUT2D eigenvalue weighted by Gasteiger charge is -2.31. The molecule has 0 aliphatic rings. The molecule has 0 radical (unpaired) electrons. The van der Waals surface area contributed by atoms with E-state index in [1.54, 1.807) is 7.11 Å². The van der Waals surface area contributed by atoms with Gasteiger partial charge in [-0.25, -0.2) is 0 Å². The monoisotopic (exact) mass is 292 g/mol. The molecule has 1 unspecified atom stereocenters. The Morgan fingerprint density at radius 3 is 2.11 bits per heavy atom. The molecule has 110 valence electrons. The van der Waals surface area contributed by atoms with E-state index < -0.39 is 16.6 Å². The molecule has 0 N–H and O–H groups in total. The maximum absolute atomic E-state index is 6.29. The Morgan fingerprint density at radius 1 is 1.06 bits per heavy atom. The van der Waals surface area contributed by atoms with Crippen LogP contribution in [0.1, 0.15) is 19.8 Å². The minimum absolute atomic E-state index is 0.244. The van der Waals surface area contributed by atoms with Crippen molar-refractivity contribution in [2.45, 2.75) is 64.6 Å². The zero-order valence-electron chi connectivity index (χ0n) is 13.3. The quantitative estimate of drug-likeness (QED) is 0.452. The number of hydrogen-bond acceptors (Lipinski definition) is 3. The Labute approximate surface area is 115 Å². The minimum atomic E-state index is -1.48. The predicted octanol–water partition coefficient (Wildman–Crippen LogP) is 3.87. The second-order valence-corrected chi connectivity index (χ2v) is 15.5. The first kappa shape index (κ1) is 18.3. The van der Waals surface area contributed by atoms with Crippen LogP contribution in [0.15, 0.2) is 0 Å². The molecule has 0 aromatic heterocycles. The molecule has 0 saturated heterocycles. The van der Waals surface area contributed by atoms with Crippen molar-refractivity contribution in [2.75, 3.05) is 20.3 Å². The third-order valence-electron chi connectivity index (χ3n) is 2.74. The molecule has 0 aliphatic heterocycles. The number of hydrogen-bond donors (Lipinski definition) is 0. The summed E-state index contributed by atoms with van der Waals surface area (Å²) in [4.78, 5) is 0. The molecule has 18 heavy (non-hydrogen) atoms. The molecule has 0 aromatic rings. The first-order chi connectivity index (χ1) is 8.20. The Hall–Kier alpha value is 0.314. The van der Waals surface area contributed by atoms with Crippen LogP contribution in [0.25, 0.3) is 0 Å². The first-order valence-electron chi connectivity index (χ1n) is 7.01. The van der Waals surface area contributed by atoms with E-state index in [1.807, 2.05) is 0 Å². The summed E-state index contributed by atoms with van der Waals surface area (Å²) in [7, 11) is -1.13. The van der Waals surface area contributed by atoms with E-state index in [1.165, 1.54) is 6.04 Å². The summed E-state index contributed by atoms with van der Waals surface area (Å²) in [6.45, 7) is 15.1. The largest absolute Gasteiger partial charge is 0.456 e. The number of rotatable bonds is 10. The number of methoxy groups -OCH3 is 1. The van der Waals surface area contributed by atoms with Gasteiger partial charge in [-0.1, -0.05) is 6.92 Å². The van der Waals surface area contributed by atoms with Crippen LogP contribution in [0.3, 0.4) is 0 Å². The van der Waals surface area contributed by atoms with E-state index in [2.05, 4.69) is 39.7 Å². The van der Waals surface area contributed by atoms with E-state index in [9.17, 15) is 0 Å². The third-order valence-corrected chi connectivity index (χ3v) is 8.96. The lowest BCUT2D eigenvalue weighted by molar-refractivity contribution is 0.00700. The van der Waals surface area contributed by atoms with Crippen molar-refractivity contribution in [3.63, 3.8) is 0 Å². The minimum Gasteiger partial charge on any atom is -0.456 e. The summed E-state index contributed by atoms with van der Waals surface area (Å²) in [5, 5.41) is 0. The second-order valence-electron chi connectivity index (χ2n) is 6.42. The van der Waals surface area contributed by atoms with Gasteiger partial charge in [0.05, 0.1) is 12.7 Å². The van der Waals surface area contributed by atoms with Crippen molar-refractivity contribution in [3.8, 4) is 0 Å². The standard InChI is InChI=1S/C13H32O3Si2/c1-8-13(14-2)12-15-10-9-11-18(6,7)16-17(3,4)5/h13H,8-12H2,1-7H3. The molecule has 0 rings (SSSR count). The fraction of sp³-hybridized carbons (Fsp3) is 1.00. The van der Waals surface area contributed by atoms with Crippen LogP contribution in [-0.2, 0) is 13.6 Å². The van der Waals surface area contributed by atoms with Gasteiger partial charge in [-0.2, -0.15) is 0 Å². The summed E-state index contributed by atoms with van der Waals surface area (Å²) in [5.41, 5.74) is 0. The maximum Gasteiger partial charge on any atom is 0.173 e. The molecular formula is C13H32O3Si2. The van der Waals surface area contributed by atoms with E-state index in [4.69, 9.17) is 13.6 Å². The highest BCUT2D eigenvalue weighted by Crippen LogP contribution is 2.19.